The molecule has 1 fully saturated rings. The molecule has 0 bridgehead atoms. The zero-order valence-electron chi connectivity index (χ0n) is 14.9. The molecule has 2 heterocycles. The largest absolute Gasteiger partial charge is 0.542 e. The average molecular weight is 367 g/mol. The molecule has 26 heavy (non-hydrogen) atoms. The Morgan fingerprint density at radius 2 is 1.96 bits per heavy atom. The molecular formula is C20H22BNO3S. The van der Waals surface area contributed by atoms with Crippen LogP contribution in [0.2, 0.25) is 6.32 Å². The number of pyridine rings is 1. The minimum atomic E-state index is -0.749. The minimum absolute atomic E-state index is 0.336. The molecule has 1 saturated carbocycles. The maximum absolute atomic E-state index is 9.56. The second kappa shape index (κ2) is 7.76. The van der Waals surface area contributed by atoms with Crippen LogP contribution in [0.15, 0.2) is 47.8 Å². The van der Waals surface area contributed by atoms with E-state index in [4.69, 9.17) is 9.39 Å². The molecule has 2 aliphatic rings. The molecule has 0 radical (unpaired) electrons. The van der Waals surface area contributed by atoms with Gasteiger partial charge in [-0.3, -0.25) is 4.98 Å². The van der Waals surface area contributed by atoms with E-state index in [0.29, 0.717) is 12.4 Å². The van der Waals surface area contributed by atoms with E-state index in [-0.39, 0.29) is 0 Å². The summed E-state index contributed by atoms with van der Waals surface area (Å²) in [6.07, 6.45) is 13.0. The summed E-state index contributed by atoms with van der Waals surface area (Å²) in [4.78, 5) is 5.55. The number of allylic oxidation sites excluding steroid dienone is 1. The number of benzene rings is 1. The van der Waals surface area contributed by atoms with Gasteiger partial charge in [-0.25, -0.2) is 0 Å². The smallest absolute Gasteiger partial charge is 0.526 e. The predicted molar refractivity (Wildman–Crippen MR) is 106 cm³/mol. The molecule has 1 aromatic carbocycles. The third-order valence-corrected chi connectivity index (χ3v) is 5.74. The molecule has 0 spiro atoms. The van der Waals surface area contributed by atoms with Gasteiger partial charge in [0, 0.05) is 29.2 Å². The number of hydrogen-bond acceptors (Lipinski definition) is 5. The van der Waals surface area contributed by atoms with Crippen molar-refractivity contribution in [2.45, 2.75) is 43.0 Å². The molecule has 0 atom stereocenters. The number of thioether (sulfide) groups is 1. The summed E-state index contributed by atoms with van der Waals surface area (Å²) in [5.74, 6) is 0.964. The van der Waals surface area contributed by atoms with Crippen LogP contribution in [0.1, 0.15) is 31.2 Å². The third kappa shape index (κ3) is 3.76. The summed E-state index contributed by atoms with van der Waals surface area (Å²) >= 11 is 1.71. The fourth-order valence-electron chi connectivity index (χ4n) is 3.54. The molecule has 1 N–H and O–H groups in total. The zero-order chi connectivity index (χ0) is 17.9. The van der Waals surface area contributed by atoms with Gasteiger partial charge >= 0.3 is 7.12 Å². The molecule has 6 heteroatoms. The van der Waals surface area contributed by atoms with Gasteiger partial charge < -0.3 is 14.4 Å². The van der Waals surface area contributed by atoms with Crippen molar-refractivity contribution in [3.63, 3.8) is 0 Å². The van der Waals surface area contributed by atoms with Crippen LogP contribution in [0.5, 0.6) is 5.75 Å². The molecule has 4 nitrogen and oxygen atoms in total. The van der Waals surface area contributed by atoms with Gasteiger partial charge in [0.15, 0.2) is 0 Å². The Morgan fingerprint density at radius 3 is 2.69 bits per heavy atom. The SMILES string of the molecule is CSc1ccc(-c2cncc(C3=COB(O)C3)c2)cc1OC1CCCC1. The Labute approximate surface area is 158 Å². The second-order valence-electron chi connectivity index (χ2n) is 6.79. The maximum atomic E-state index is 9.56. The summed E-state index contributed by atoms with van der Waals surface area (Å²) in [5.41, 5.74) is 4.07. The lowest BCUT2D eigenvalue weighted by Gasteiger charge is -2.17. The van der Waals surface area contributed by atoms with Crippen LogP contribution >= 0.6 is 11.8 Å². The molecule has 1 aliphatic heterocycles. The van der Waals surface area contributed by atoms with E-state index in [0.717, 1.165) is 40.9 Å². The van der Waals surface area contributed by atoms with E-state index in [2.05, 4.69) is 35.5 Å². The van der Waals surface area contributed by atoms with Crippen molar-refractivity contribution in [3.05, 3.63) is 48.5 Å². The Bertz CT molecular complexity index is 820. The number of rotatable bonds is 5. The lowest BCUT2D eigenvalue weighted by Crippen LogP contribution is -2.11. The summed E-state index contributed by atoms with van der Waals surface area (Å²) in [5, 5.41) is 9.56. The molecule has 134 valence electrons. The highest BCUT2D eigenvalue weighted by molar-refractivity contribution is 7.98. The highest BCUT2D eigenvalue weighted by Gasteiger charge is 2.24. The highest BCUT2D eigenvalue weighted by atomic mass is 32.2. The fourth-order valence-corrected chi connectivity index (χ4v) is 4.05. The first kappa shape index (κ1) is 17.5. The summed E-state index contributed by atoms with van der Waals surface area (Å²) in [7, 11) is -0.749. The Morgan fingerprint density at radius 1 is 1.15 bits per heavy atom. The van der Waals surface area contributed by atoms with E-state index in [1.165, 1.54) is 17.7 Å². The molecule has 2 aromatic rings. The van der Waals surface area contributed by atoms with Gasteiger partial charge in [0.25, 0.3) is 0 Å². The van der Waals surface area contributed by atoms with E-state index in [1.807, 2.05) is 12.4 Å². The summed E-state index contributed by atoms with van der Waals surface area (Å²) in [6, 6.07) is 8.45. The number of aromatic nitrogens is 1. The van der Waals surface area contributed by atoms with Crippen LogP contribution < -0.4 is 4.74 Å². The van der Waals surface area contributed by atoms with Gasteiger partial charge in [-0.05, 0) is 66.8 Å². The Kier molecular flexibility index (Phi) is 5.22. The van der Waals surface area contributed by atoms with E-state index < -0.39 is 7.12 Å². The van der Waals surface area contributed by atoms with Gasteiger partial charge in [-0.1, -0.05) is 6.07 Å². The van der Waals surface area contributed by atoms with Crippen molar-refractivity contribution in [3.8, 4) is 16.9 Å². The molecular weight excluding hydrogens is 345 g/mol. The molecule has 4 rings (SSSR count). The van der Waals surface area contributed by atoms with Gasteiger partial charge in [0.1, 0.15) is 5.75 Å². The lowest BCUT2D eigenvalue weighted by molar-refractivity contribution is 0.205. The minimum Gasteiger partial charge on any atom is -0.542 e. The van der Waals surface area contributed by atoms with E-state index in [9.17, 15) is 5.02 Å². The monoisotopic (exact) mass is 367 g/mol. The molecule has 0 unspecified atom stereocenters. The quantitative estimate of drug-likeness (QED) is 0.616. The zero-order valence-corrected chi connectivity index (χ0v) is 15.7. The Hall–Kier alpha value is -1.92. The molecule has 1 aromatic heterocycles. The topological polar surface area (TPSA) is 51.6 Å². The van der Waals surface area contributed by atoms with Gasteiger partial charge in [0.05, 0.1) is 12.4 Å². The first-order valence-electron chi connectivity index (χ1n) is 9.06. The second-order valence-corrected chi connectivity index (χ2v) is 7.64. The van der Waals surface area contributed by atoms with Crippen molar-refractivity contribution in [2.75, 3.05) is 6.26 Å². The maximum Gasteiger partial charge on any atom is 0.526 e. The Balaban J connectivity index is 1.63. The first-order valence-corrected chi connectivity index (χ1v) is 10.3. The van der Waals surface area contributed by atoms with Crippen molar-refractivity contribution < 1.29 is 14.4 Å². The number of hydrogen-bond donors (Lipinski definition) is 1. The normalized spacial score (nSPS) is 17.3. The third-order valence-electron chi connectivity index (χ3n) is 4.96. The van der Waals surface area contributed by atoms with Crippen LogP contribution in [-0.2, 0) is 4.65 Å². The highest BCUT2D eigenvalue weighted by Crippen LogP contribution is 2.36. The van der Waals surface area contributed by atoms with Crippen molar-refractivity contribution >= 4 is 24.5 Å². The van der Waals surface area contributed by atoms with Gasteiger partial charge in [-0.2, -0.15) is 0 Å². The van der Waals surface area contributed by atoms with Crippen LogP contribution in [0.3, 0.4) is 0 Å². The van der Waals surface area contributed by atoms with Crippen molar-refractivity contribution in [1.82, 2.24) is 4.98 Å². The van der Waals surface area contributed by atoms with Crippen molar-refractivity contribution in [2.24, 2.45) is 0 Å². The summed E-state index contributed by atoms with van der Waals surface area (Å²) < 4.78 is 11.4. The predicted octanol–water partition coefficient (Wildman–Crippen LogP) is 4.64. The first-order chi connectivity index (χ1) is 12.7. The molecule has 1 aliphatic carbocycles. The van der Waals surface area contributed by atoms with E-state index >= 15 is 0 Å². The van der Waals surface area contributed by atoms with Gasteiger partial charge in [-0.15, -0.1) is 11.8 Å². The van der Waals surface area contributed by atoms with Crippen molar-refractivity contribution in [1.29, 1.82) is 0 Å². The molecule has 0 saturated heterocycles. The van der Waals surface area contributed by atoms with Crippen LogP contribution in [0.25, 0.3) is 16.7 Å². The van der Waals surface area contributed by atoms with Crippen LogP contribution in [0, 0.1) is 0 Å². The fraction of sp³-hybridized carbons (Fsp3) is 0.350. The average Bonchev–Trinajstić information content (AvgIpc) is 3.33. The lowest BCUT2D eigenvalue weighted by atomic mass is 9.82. The number of nitrogens with zero attached hydrogens (tertiary/aromatic N) is 1. The van der Waals surface area contributed by atoms with Crippen LogP contribution in [-0.4, -0.2) is 29.5 Å². The molecule has 0 amide bonds. The number of ether oxygens (including phenoxy) is 1. The van der Waals surface area contributed by atoms with Crippen LogP contribution in [0.4, 0.5) is 0 Å². The standard InChI is InChI=1S/C20H22BNO3S/c1-26-20-7-6-14(9-19(20)25-18-4-2-3-5-18)15-8-16(12-22-11-15)17-10-21(23)24-13-17/h6-9,11-13,18,23H,2-5,10H2,1H3. The van der Waals surface area contributed by atoms with Gasteiger partial charge in [0.2, 0.25) is 0 Å². The summed E-state index contributed by atoms with van der Waals surface area (Å²) in [6.45, 7) is 0. The van der Waals surface area contributed by atoms with E-state index in [1.54, 1.807) is 18.0 Å².